The fraction of sp³-hybridized carbons (Fsp3) is 0.462. The summed E-state index contributed by atoms with van der Waals surface area (Å²) in [5.74, 6) is -0.299. The van der Waals surface area contributed by atoms with E-state index in [9.17, 15) is 4.39 Å². The summed E-state index contributed by atoms with van der Waals surface area (Å²) in [5.41, 5.74) is 0.279. The van der Waals surface area contributed by atoms with Gasteiger partial charge in [0.1, 0.15) is 6.07 Å². The van der Waals surface area contributed by atoms with E-state index < -0.39 is 5.82 Å². The summed E-state index contributed by atoms with van der Waals surface area (Å²) in [6, 6.07) is 4.95. The number of unbranched alkanes of at least 4 members (excludes halogenated alkanes) is 3. The third-order valence-corrected chi connectivity index (χ3v) is 3.20. The van der Waals surface area contributed by atoms with E-state index in [1.54, 1.807) is 6.07 Å². The maximum Gasteiger partial charge on any atom is 0.180 e. The summed E-state index contributed by atoms with van der Waals surface area (Å²) in [5, 5.41) is 8.72. The second kappa shape index (κ2) is 7.29. The molecule has 17 heavy (non-hydrogen) atoms. The smallest absolute Gasteiger partial charge is 0.180 e. The Labute approximate surface area is 110 Å². The van der Waals surface area contributed by atoms with Crippen LogP contribution < -0.4 is 4.74 Å². The minimum atomic E-state index is -0.500. The Balaban J connectivity index is 2.55. The lowest BCUT2D eigenvalue weighted by molar-refractivity contribution is 0.290. The molecule has 0 heterocycles. The van der Waals surface area contributed by atoms with E-state index in [1.807, 2.05) is 6.07 Å². The van der Waals surface area contributed by atoms with Crippen LogP contribution in [0.3, 0.4) is 0 Å². The second-order valence-electron chi connectivity index (χ2n) is 3.76. The van der Waals surface area contributed by atoms with Crippen molar-refractivity contribution in [2.24, 2.45) is 0 Å². The predicted octanol–water partition coefficient (Wildman–Crippen LogP) is 4.42. The number of rotatable bonds is 6. The van der Waals surface area contributed by atoms with Gasteiger partial charge in [-0.1, -0.05) is 26.2 Å². The minimum absolute atomic E-state index is 0.172. The van der Waals surface area contributed by atoms with E-state index in [0.29, 0.717) is 6.61 Å². The fourth-order valence-electron chi connectivity index (χ4n) is 1.44. The number of nitrogens with zero attached hydrogens (tertiary/aromatic N) is 1. The minimum Gasteiger partial charge on any atom is -0.490 e. The largest absolute Gasteiger partial charge is 0.490 e. The fourth-order valence-corrected chi connectivity index (χ4v) is 1.86. The summed E-state index contributed by atoms with van der Waals surface area (Å²) in [6.07, 6.45) is 4.35. The van der Waals surface area contributed by atoms with Gasteiger partial charge in [0.25, 0.3) is 0 Å². The molecule has 0 spiro atoms. The average molecular weight is 300 g/mol. The van der Waals surface area contributed by atoms with Gasteiger partial charge in [-0.05, 0) is 34.5 Å². The Morgan fingerprint density at radius 1 is 1.35 bits per heavy atom. The molecule has 0 atom stereocenters. The topological polar surface area (TPSA) is 33.0 Å². The van der Waals surface area contributed by atoms with Gasteiger partial charge in [0.15, 0.2) is 11.6 Å². The molecule has 4 heteroatoms. The lowest BCUT2D eigenvalue weighted by Gasteiger charge is -2.08. The molecule has 0 amide bonds. The van der Waals surface area contributed by atoms with Crippen LogP contribution in [0.4, 0.5) is 4.39 Å². The molecule has 1 aromatic rings. The molecule has 0 bridgehead atoms. The highest BCUT2D eigenvalue weighted by molar-refractivity contribution is 9.10. The average Bonchev–Trinajstić information content (AvgIpc) is 2.34. The standard InChI is InChI=1S/C13H15BrFNO/c1-2-3-4-5-8-17-11-7-6-10(9-16)12(14)13(11)15/h6-7H,2-5,8H2,1H3. The van der Waals surface area contributed by atoms with Crippen LogP contribution in [0.1, 0.15) is 38.2 Å². The maximum absolute atomic E-state index is 13.7. The monoisotopic (exact) mass is 299 g/mol. The Morgan fingerprint density at radius 3 is 2.76 bits per heavy atom. The molecule has 0 aliphatic carbocycles. The van der Waals surface area contributed by atoms with Gasteiger partial charge in [0, 0.05) is 0 Å². The summed E-state index contributed by atoms with van der Waals surface area (Å²) in [7, 11) is 0. The molecule has 1 rings (SSSR count). The first-order valence-corrected chi connectivity index (χ1v) is 6.51. The lowest BCUT2D eigenvalue weighted by Crippen LogP contribution is -2.00. The molecule has 2 nitrogen and oxygen atoms in total. The molecule has 0 aliphatic rings. The van der Waals surface area contributed by atoms with Crippen LogP contribution in [0.15, 0.2) is 16.6 Å². The van der Waals surface area contributed by atoms with Crippen molar-refractivity contribution in [3.05, 3.63) is 28.0 Å². The summed E-state index contributed by atoms with van der Waals surface area (Å²) in [6.45, 7) is 2.65. The second-order valence-corrected chi connectivity index (χ2v) is 4.55. The van der Waals surface area contributed by atoms with Gasteiger partial charge in [0.2, 0.25) is 0 Å². The first-order valence-electron chi connectivity index (χ1n) is 5.71. The highest BCUT2D eigenvalue weighted by Gasteiger charge is 2.11. The quantitative estimate of drug-likeness (QED) is 0.729. The lowest BCUT2D eigenvalue weighted by atomic mass is 10.2. The molecule has 0 saturated heterocycles. The van der Waals surface area contributed by atoms with E-state index in [0.717, 1.165) is 19.3 Å². The number of halogens is 2. The number of hydrogen-bond acceptors (Lipinski definition) is 2. The zero-order valence-electron chi connectivity index (χ0n) is 9.80. The number of benzene rings is 1. The van der Waals surface area contributed by atoms with E-state index in [2.05, 4.69) is 22.9 Å². The number of ether oxygens (including phenoxy) is 1. The van der Waals surface area contributed by atoms with Crippen molar-refractivity contribution in [1.82, 2.24) is 0 Å². The van der Waals surface area contributed by atoms with Crippen molar-refractivity contribution in [2.75, 3.05) is 6.61 Å². The zero-order valence-corrected chi connectivity index (χ0v) is 11.4. The van der Waals surface area contributed by atoms with Gasteiger partial charge in [-0.15, -0.1) is 0 Å². The summed E-state index contributed by atoms with van der Waals surface area (Å²) in [4.78, 5) is 0. The van der Waals surface area contributed by atoms with Gasteiger partial charge in [-0.25, -0.2) is 4.39 Å². The van der Waals surface area contributed by atoms with E-state index in [1.165, 1.54) is 12.5 Å². The van der Waals surface area contributed by atoms with Crippen molar-refractivity contribution < 1.29 is 9.13 Å². The molecule has 0 fully saturated rings. The van der Waals surface area contributed by atoms with Crippen LogP contribution in [-0.2, 0) is 0 Å². The van der Waals surface area contributed by atoms with Crippen molar-refractivity contribution in [1.29, 1.82) is 5.26 Å². The van der Waals surface area contributed by atoms with Crippen LogP contribution in [0.5, 0.6) is 5.75 Å². The van der Waals surface area contributed by atoms with Gasteiger partial charge in [-0.2, -0.15) is 5.26 Å². The van der Waals surface area contributed by atoms with Gasteiger partial charge in [-0.3, -0.25) is 0 Å². The third kappa shape index (κ3) is 4.01. The molecule has 0 radical (unpaired) electrons. The maximum atomic E-state index is 13.7. The third-order valence-electron chi connectivity index (χ3n) is 2.42. The number of nitriles is 1. The van der Waals surface area contributed by atoms with Crippen LogP contribution in [0, 0.1) is 17.1 Å². The van der Waals surface area contributed by atoms with Crippen LogP contribution in [-0.4, -0.2) is 6.61 Å². The summed E-state index contributed by atoms with van der Waals surface area (Å²) >= 11 is 3.05. The Kier molecular flexibility index (Phi) is 5.99. The molecule has 0 aromatic heterocycles. The normalized spacial score (nSPS) is 10.0. The molecular weight excluding hydrogens is 285 g/mol. The van der Waals surface area contributed by atoms with Crippen LogP contribution in [0.2, 0.25) is 0 Å². The Bertz CT molecular complexity index is 415. The van der Waals surface area contributed by atoms with Crippen molar-refractivity contribution in [3.63, 3.8) is 0 Å². The van der Waals surface area contributed by atoms with E-state index in [4.69, 9.17) is 10.00 Å². The zero-order chi connectivity index (χ0) is 12.7. The molecule has 0 N–H and O–H groups in total. The van der Waals surface area contributed by atoms with Crippen LogP contribution in [0.25, 0.3) is 0 Å². The Hall–Kier alpha value is -1.08. The predicted molar refractivity (Wildman–Crippen MR) is 68.5 cm³/mol. The Morgan fingerprint density at radius 2 is 2.12 bits per heavy atom. The molecular formula is C13H15BrFNO. The molecule has 92 valence electrons. The van der Waals surface area contributed by atoms with Gasteiger partial charge >= 0.3 is 0 Å². The van der Waals surface area contributed by atoms with Gasteiger partial charge < -0.3 is 4.74 Å². The summed E-state index contributed by atoms with van der Waals surface area (Å²) < 4.78 is 19.2. The molecule has 0 unspecified atom stereocenters. The van der Waals surface area contributed by atoms with Crippen molar-refractivity contribution in [3.8, 4) is 11.8 Å². The highest BCUT2D eigenvalue weighted by atomic mass is 79.9. The highest BCUT2D eigenvalue weighted by Crippen LogP contribution is 2.28. The van der Waals surface area contributed by atoms with E-state index in [-0.39, 0.29) is 15.8 Å². The first-order chi connectivity index (χ1) is 8.20. The number of hydrogen-bond donors (Lipinski definition) is 0. The van der Waals surface area contributed by atoms with Crippen molar-refractivity contribution >= 4 is 15.9 Å². The molecule has 0 aliphatic heterocycles. The van der Waals surface area contributed by atoms with Gasteiger partial charge in [0.05, 0.1) is 16.6 Å². The van der Waals surface area contributed by atoms with Crippen LogP contribution >= 0.6 is 15.9 Å². The first kappa shape index (κ1) is 14.0. The van der Waals surface area contributed by atoms with Crippen molar-refractivity contribution in [2.45, 2.75) is 32.6 Å². The molecule has 0 saturated carbocycles. The SMILES string of the molecule is CCCCCCOc1ccc(C#N)c(Br)c1F. The molecule has 1 aromatic carbocycles. The van der Waals surface area contributed by atoms with E-state index >= 15 is 0 Å².